The molecule has 0 bridgehead atoms. The number of anilines is 1. The number of amides is 2. The van der Waals surface area contributed by atoms with Crippen LogP contribution in [0.15, 0.2) is 18.2 Å². The van der Waals surface area contributed by atoms with Crippen molar-refractivity contribution in [1.29, 1.82) is 0 Å². The first-order valence-corrected chi connectivity index (χ1v) is 8.97. The Morgan fingerprint density at radius 1 is 1.16 bits per heavy atom. The molecular formula is C17H17N3O4S. The van der Waals surface area contributed by atoms with Gasteiger partial charge in [-0.1, -0.05) is 0 Å². The zero-order valence-corrected chi connectivity index (χ0v) is 14.3. The zero-order valence-electron chi connectivity index (χ0n) is 13.5. The molecule has 2 amide bonds. The number of aromatic nitrogens is 1. The van der Waals surface area contributed by atoms with Crippen molar-refractivity contribution < 1.29 is 19.1 Å². The molecule has 0 spiro atoms. The molecule has 2 aromatic rings. The molecule has 2 aliphatic rings. The van der Waals surface area contributed by atoms with Crippen molar-refractivity contribution in [2.45, 2.75) is 25.7 Å². The number of nitrogens with one attached hydrogen (secondary N) is 2. The van der Waals surface area contributed by atoms with Gasteiger partial charge in [0, 0.05) is 10.4 Å². The number of benzene rings is 1. The third kappa shape index (κ3) is 3.43. The second-order valence-electron chi connectivity index (χ2n) is 5.89. The van der Waals surface area contributed by atoms with Crippen LogP contribution in [0.5, 0.6) is 11.5 Å². The minimum atomic E-state index is -0.341. The second-order valence-corrected chi connectivity index (χ2v) is 6.98. The van der Waals surface area contributed by atoms with Gasteiger partial charge >= 0.3 is 0 Å². The molecule has 0 unspecified atom stereocenters. The third-order valence-corrected chi connectivity index (χ3v) is 5.21. The molecule has 8 heteroatoms. The maximum absolute atomic E-state index is 12.2. The Morgan fingerprint density at radius 2 is 2.00 bits per heavy atom. The fourth-order valence-electron chi connectivity index (χ4n) is 2.87. The van der Waals surface area contributed by atoms with Crippen LogP contribution in [0.4, 0.5) is 5.13 Å². The van der Waals surface area contributed by atoms with Crippen molar-refractivity contribution in [3.8, 4) is 11.5 Å². The first kappa shape index (κ1) is 15.9. The largest absolute Gasteiger partial charge is 0.454 e. The van der Waals surface area contributed by atoms with E-state index in [2.05, 4.69) is 15.6 Å². The van der Waals surface area contributed by atoms with Gasteiger partial charge in [0.1, 0.15) is 0 Å². The van der Waals surface area contributed by atoms with E-state index in [0.717, 1.165) is 25.0 Å². The van der Waals surface area contributed by atoms with Crippen molar-refractivity contribution in [2.24, 2.45) is 0 Å². The molecule has 1 aliphatic heterocycles. The monoisotopic (exact) mass is 359 g/mol. The van der Waals surface area contributed by atoms with Gasteiger partial charge in [0.05, 0.1) is 12.2 Å². The zero-order chi connectivity index (χ0) is 17.2. The van der Waals surface area contributed by atoms with Gasteiger partial charge in [-0.25, -0.2) is 4.98 Å². The van der Waals surface area contributed by atoms with Crippen molar-refractivity contribution in [3.63, 3.8) is 0 Å². The predicted molar refractivity (Wildman–Crippen MR) is 92.3 cm³/mol. The topological polar surface area (TPSA) is 89.6 Å². The Balaban J connectivity index is 1.32. The average Bonchev–Trinajstić information content (AvgIpc) is 3.24. The molecule has 0 saturated heterocycles. The first-order valence-electron chi connectivity index (χ1n) is 8.15. The molecule has 0 radical (unpaired) electrons. The summed E-state index contributed by atoms with van der Waals surface area (Å²) in [6.07, 6.45) is 4.33. The maximum atomic E-state index is 12.2. The summed E-state index contributed by atoms with van der Waals surface area (Å²) in [5, 5.41) is 5.96. The third-order valence-electron chi connectivity index (χ3n) is 4.14. The van der Waals surface area contributed by atoms with E-state index < -0.39 is 0 Å². The van der Waals surface area contributed by atoms with Gasteiger partial charge < -0.3 is 20.1 Å². The molecule has 0 atom stereocenters. The van der Waals surface area contributed by atoms with E-state index in [0.29, 0.717) is 22.2 Å². The highest BCUT2D eigenvalue weighted by atomic mass is 32.1. The lowest BCUT2D eigenvalue weighted by Crippen LogP contribution is -2.32. The van der Waals surface area contributed by atoms with Gasteiger partial charge in [0.25, 0.3) is 5.91 Å². The molecular weight excluding hydrogens is 342 g/mol. The summed E-state index contributed by atoms with van der Waals surface area (Å²) in [4.78, 5) is 29.9. The van der Waals surface area contributed by atoms with Crippen molar-refractivity contribution >= 4 is 28.3 Å². The Labute approximate surface area is 148 Å². The van der Waals surface area contributed by atoms with Crippen molar-refractivity contribution in [1.82, 2.24) is 10.3 Å². The molecule has 4 rings (SSSR count). The number of carbonyl (C=O) groups is 2. The van der Waals surface area contributed by atoms with Crippen LogP contribution in [0.1, 0.15) is 33.8 Å². The number of ether oxygens (including phenoxy) is 2. The summed E-state index contributed by atoms with van der Waals surface area (Å²) in [5.74, 6) is 0.513. The Kier molecular flexibility index (Phi) is 4.27. The smallest absolute Gasteiger partial charge is 0.251 e. The normalized spacial score (nSPS) is 14.7. The average molecular weight is 359 g/mol. The number of hydrogen-bond donors (Lipinski definition) is 2. The van der Waals surface area contributed by atoms with E-state index in [-0.39, 0.29) is 25.2 Å². The van der Waals surface area contributed by atoms with E-state index in [9.17, 15) is 9.59 Å². The highest BCUT2D eigenvalue weighted by Crippen LogP contribution is 2.32. The number of aryl methyl sites for hydroxylation is 2. The molecule has 130 valence electrons. The van der Waals surface area contributed by atoms with Crippen LogP contribution in [-0.2, 0) is 17.6 Å². The van der Waals surface area contributed by atoms with Crippen LogP contribution < -0.4 is 20.1 Å². The minimum Gasteiger partial charge on any atom is -0.454 e. The highest BCUT2D eigenvalue weighted by molar-refractivity contribution is 7.15. The number of rotatable bonds is 4. The quantitative estimate of drug-likeness (QED) is 0.873. The summed E-state index contributed by atoms with van der Waals surface area (Å²) in [5.41, 5.74) is 1.51. The second kappa shape index (κ2) is 6.72. The summed E-state index contributed by atoms with van der Waals surface area (Å²) in [6, 6.07) is 4.91. The fourth-order valence-corrected chi connectivity index (χ4v) is 3.94. The molecule has 2 heterocycles. The standard InChI is InChI=1S/C17H17N3O4S/c21-15(20-17-19-11-3-1-2-4-14(11)25-17)8-18-16(22)10-5-6-12-13(7-10)24-9-23-12/h5-7H,1-4,8-9H2,(H,18,22)(H,19,20,21). The molecule has 2 N–H and O–H groups in total. The summed E-state index contributed by atoms with van der Waals surface area (Å²) in [6.45, 7) is 0.0398. The molecule has 1 aliphatic carbocycles. The number of fused-ring (bicyclic) bond motifs is 2. The Bertz CT molecular complexity index is 810. The maximum Gasteiger partial charge on any atom is 0.251 e. The lowest BCUT2D eigenvalue weighted by molar-refractivity contribution is -0.115. The van der Waals surface area contributed by atoms with Gasteiger partial charge in [-0.3, -0.25) is 9.59 Å². The van der Waals surface area contributed by atoms with Gasteiger partial charge in [-0.2, -0.15) is 0 Å². The van der Waals surface area contributed by atoms with Gasteiger partial charge in [-0.15, -0.1) is 11.3 Å². The van der Waals surface area contributed by atoms with E-state index in [1.165, 1.54) is 22.6 Å². The van der Waals surface area contributed by atoms with E-state index in [1.54, 1.807) is 18.2 Å². The van der Waals surface area contributed by atoms with E-state index >= 15 is 0 Å². The van der Waals surface area contributed by atoms with Crippen LogP contribution in [-0.4, -0.2) is 30.1 Å². The Hall–Kier alpha value is -2.61. The summed E-state index contributed by atoms with van der Waals surface area (Å²) in [7, 11) is 0. The molecule has 25 heavy (non-hydrogen) atoms. The number of hydrogen-bond acceptors (Lipinski definition) is 6. The summed E-state index contributed by atoms with van der Waals surface area (Å²) >= 11 is 1.52. The van der Waals surface area contributed by atoms with E-state index in [4.69, 9.17) is 9.47 Å². The lowest BCUT2D eigenvalue weighted by Gasteiger charge is -2.06. The van der Waals surface area contributed by atoms with Crippen LogP contribution in [0.3, 0.4) is 0 Å². The molecule has 0 fully saturated rings. The molecule has 1 aromatic carbocycles. The fraction of sp³-hybridized carbons (Fsp3) is 0.353. The van der Waals surface area contributed by atoms with Crippen molar-refractivity contribution in [3.05, 3.63) is 34.3 Å². The predicted octanol–water partition coefficient (Wildman–Crippen LogP) is 2.12. The molecule has 0 saturated carbocycles. The summed E-state index contributed by atoms with van der Waals surface area (Å²) < 4.78 is 10.5. The van der Waals surface area contributed by atoms with Gasteiger partial charge in [0.2, 0.25) is 12.7 Å². The van der Waals surface area contributed by atoms with Gasteiger partial charge in [0.15, 0.2) is 16.6 Å². The SMILES string of the molecule is O=C(CNC(=O)c1ccc2c(c1)OCO2)Nc1nc2c(s1)CCCC2. The van der Waals surface area contributed by atoms with Gasteiger partial charge in [-0.05, 0) is 43.9 Å². The van der Waals surface area contributed by atoms with Crippen LogP contribution in [0.2, 0.25) is 0 Å². The number of thiazole rings is 1. The number of carbonyl (C=O) groups excluding carboxylic acids is 2. The minimum absolute atomic E-state index is 0.114. The van der Waals surface area contributed by atoms with Crippen molar-refractivity contribution in [2.75, 3.05) is 18.7 Å². The Morgan fingerprint density at radius 3 is 2.88 bits per heavy atom. The highest BCUT2D eigenvalue weighted by Gasteiger charge is 2.18. The van der Waals surface area contributed by atoms with Crippen LogP contribution >= 0.6 is 11.3 Å². The van der Waals surface area contributed by atoms with Crippen LogP contribution in [0, 0.1) is 0 Å². The molecule has 7 nitrogen and oxygen atoms in total. The molecule has 1 aromatic heterocycles. The first-order chi connectivity index (χ1) is 12.2. The van der Waals surface area contributed by atoms with Crippen LogP contribution in [0.25, 0.3) is 0 Å². The number of nitrogens with zero attached hydrogens (tertiary/aromatic N) is 1. The lowest BCUT2D eigenvalue weighted by atomic mass is 10.0. The van der Waals surface area contributed by atoms with E-state index in [1.807, 2.05) is 0 Å².